The number of carbonyl (C=O) groups is 2. The van der Waals surface area contributed by atoms with Gasteiger partial charge in [-0.05, 0) is 5.56 Å². The Kier molecular flexibility index (Phi) is 5.13. The van der Waals surface area contributed by atoms with Gasteiger partial charge in [0, 0.05) is 38.8 Å². The van der Waals surface area contributed by atoms with Gasteiger partial charge in [-0.25, -0.2) is 4.79 Å². The van der Waals surface area contributed by atoms with E-state index in [1.54, 1.807) is 0 Å². The molecule has 1 unspecified atom stereocenters. The minimum absolute atomic E-state index is 0.125. The molecule has 1 aromatic carbocycles. The van der Waals surface area contributed by atoms with Gasteiger partial charge in [0.05, 0.1) is 13.1 Å². The molecule has 24 heavy (non-hydrogen) atoms. The molecule has 0 aliphatic carbocycles. The maximum Gasteiger partial charge on any atom is 0.333 e. The lowest BCUT2D eigenvalue weighted by Crippen LogP contribution is -2.53. The molecule has 2 fully saturated rings. The summed E-state index contributed by atoms with van der Waals surface area (Å²) in [6.45, 7) is 3.59. The van der Waals surface area contributed by atoms with Crippen LogP contribution in [0, 0.1) is 0 Å². The molecular formula is C17H23N3O4. The highest BCUT2D eigenvalue weighted by atomic mass is 16.4. The predicted octanol–water partition coefficient (Wildman–Crippen LogP) is -0.539. The van der Waals surface area contributed by atoms with E-state index in [1.807, 2.05) is 40.1 Å². The van der Waals surface area contributed by atoms with Gasteiger partial charge >= 0.3 is 5.97 Å². The van der Waals surface area contributed by atoms with Gasteiger partial charge in [0.1, 0.15) is 0 Å². The molecule has 7 nitrogen and oxygen atoms in total. The summed E-state index contributed by atoms with van der Waals surface area (Å²) in [7, 11) is 0. The fraction of sp³-hybridized carbons (Fsp3) is 0.529. The molecule has 1 aromatic rings. The Bertz CT molecular complexity index is 595. The monoisotopic (exact) mass is 333 g/mol. The first-order valence-electron chi connectivity index (χ1n) is 8.22. The van der Waals surface area contributed by atoms with Crippen molar-refractivity contribution in [3.63, 3.8) is 0 Å². The van der Waals surface area contributed by atoms with Crippen molar-refractivity contribution in [3.8, 4) is 0 Å². The highest BCUT2D eigenvalue weighted by Crippen LogP contribution is 2.19. The van der Waals surface area contributed by atoms with Crippen LogP contribution in [-0.2, 0) is 16.0 Å². The number of β-amino-alcohol motifs (C(OH)–C–C–N with tert-alkyl or cyclic N) is 1. The van der Waals surface area contributed by atoms with Crippen LogP contribution in [0.4, 0.5) is 0 Å². The SMILES string of the molecule is O=C(O)[C@H](O)CN1CC2CN(C(=O)Cc3ccccc3)CCN2C1. The minimum Gasteiger partial charge on any atom is -0.479 e. The van der Waals surface area contributed by atoms with Crippen LogP contribution in [0.2, 0.25) is 0 Å². The molecule has 0 aromatic heterocycles. The third-order valence-electron chi connectivity index (χ3n) is 4.72. The number of rotatable bonds is 5. The second kappa shape index (κ2) is 7.29. The molecule has 3 rings (SSSR count). The van der Waals surface area contributed by atoms with Gasteiger partial charge in [-0.15, -0.1) is 0 Å². The Labute approximate surface area is 141 Å². The standard InChI is InChI=1S/C17H23N3O4/c21-15(17(23)24)11-18-9-14-10-19(6-7-20(14)12-18)16(22)8-13-4-2-1-3-5-13/h1-5,14-15,21H,6-12H2,(H,23,24)/t14?,15-/m1/s1. The van der Waals surface area contributed by atoms with Crippen molar-refractivity contribution in [2.75, 3.05) is 39.4 Å². The van der Waals surface area contributed by atoms with Gasteiger partial charge in [-0.3, -0.25) is 14.6 Å². The Morgan fingerprint density at radius 1 is 1.17 bits per heavy atom. The number of carboxylic acid groups (broad SMARTS) is 1. The lowest BCUT2D eigenvalue weighted by atomic mass is 10.1. The van der Waals surface area contributed by atoms with E-state index >= 15 is 0 Å². The predicted molar refractivity (Wildman–Crippen MR) is 87.3 cm³/mol. The summed E-state index contributed by atoms with van der Waals surface area (Å²) in [4.78, 5) is 29.3. The average molecular weight is 333 g/mol. The first-order valence-corrected chi connectivity index (χ1v) is 8.22. The van der Waals surface area contributed by atoms with Crippen LogP contribution in [-0.4, -0.2) is 88.3 Å². The van der Waals surface area contributed by atoms with Gasteiger partial charge in [0.25, 0.3) is 0 Å². The number of amides is 1. The zero-order chi connectivity index (χ0) is 17.1. The highest BCUT2D eigenvalue weighted by Gasteiger charge is 2.37. The molecule has 0 spiro atoms. The zero-order valence-corrected chi connectivity index (χ0v) is 13.5. The Morgan fingerprint density at radius 2 is 1.92 bits per heavy atom. The van der Waals surface area contributed by atoms with Crippen LogP contribution >= 0.6 is 0 Å². The number of hydrogen-bond donors (Lipinski definition) is 2. The van der Waals surface area contributed by atoms with Crippen molar-refractivity contribution in [3.05, 3.63) is 35.9 Å². The summed E-state index contributed by atoms with van der Waals surface area (Å²) < 4.78 is 0. The number of aliphatic carboxylic acids is 1. The maximum absolute atomic E-state index is 12.5. The van der Waals surface area contributed by atoms with E-state index in [2.05, 4.69) is 4.90 Å². The molecular weight excluding hydrogens is 310 g/mol. The molecule has 0 radical (unpaired) electrons. The summed E-state index contributed by atoms with van der Waals surface area (Å²) in [5.41, 5.74) is 1.02. The lowest BCUT2D eigenvalue weighted by molar-refractivity contribution is -0.147. The molecule has 2 N–H and O–H groups in total. The average Bonchev–Trinajstić information content (AvgIpc) is 2.96. The number of carbonyl (C=O) groups excluding carboxylic acids is 1. The summed E-state index contributed by atoms with van der Waals surface area (Å²) in [6, 6.07) is 9.93. The number of piperazine rings is 1. The van der Waals surface area contributed by atoms with Crippen molar-refractivity contribution >= 4 is 11.9 Å². The summed E-state index contributed by atoms with van der Waals surface area (Å²) in [6.07, 6.45) is -0.947. The summed E-state index contributed by atoms with van der Waals surface area (Å²) in [5, 5.41) is 18.3. The highest BCUT2D eigenvalue weighted by molar-refractivity contribution is 5.79. The van der Waals surface area contributed by atoms with Crippen LogP contribution in [0.5, 0.6) is 0 Å². The third-order valence-corrected chi connectivity index (χ3v) is 4.72. The van der Waals surface area contributed by atoms with Gasteiger partial charge in [0.2, 0.25) is 5.91 Å². The van der Waals surface area contributed by atoms with E-state index in [9.17, 15) is 14.7 Å². The number of carboxylic acids is 1. The molecule has 2 aliphatic heterocycles. The van der Waals surface area contributed by atoms with Crippen molar-refractivity contribution in [1.82, 2.24) is 14.7 Å². The fourth-order valence-corrected chi connectivity index (χ4v) is 3.43. The lowest BCUT2D eigenvalue weighted by Gasteiger charge is -2.36. The van der Waals surface area contributed by atoms with Crippen molar-refractivity contribution in [1.29, 1.82) is 0 Å². The Morgan fingerprint density at radius 3 is 2.62 bits per heavy atom. The number of benzene rings is 1. The van der Waals surface area contributed by atoms with Crippen LogP contribution in [0.1, 0.15) is 5.56 Å². The normalized spacial score (nSPS) is 23.0. The van der Waals surface area contributed by atoms with Gasteiger partial charge in [-0.2, -0.15) is 0 Å². The van der Waals surface area contributed by atoms with E-state index in [0.29, 0.717) is 32.7 Å². The molecule has 1 amide bonds. The van der Waals surface area contributed by atoms with Crippen molar-refractivity contribution < 1.29 is 19.8 Å². The van der Waals surface area contributed by atoms with Gasteiger partial charge < -0.3 is 15.1 Å². The molecule has 7 heteroatoms. The Hall–Kier alpha value is -1.96. The van der Waals surface area contributed by atoms with Gasteiger partial charge in [-0.1, -0.05) is 30.3 Å². The fourth-order valence-electron chi connectivity index (χ4n) is 3.43. The number of aliphatic hydroxyl groups is 1. The molecule has 2 aliphatic rings. The molecule has 2 atom stereocenters. The zero-order valence-electron chi connectivity index (χ0n) is 13.5. The quantitative estimate of drug-likeness (QED) is 0.753. The van der Waals surface area contributed by atoms with Crippen LogP contribution in [0.15, 0.2) is 30.3 Å². The third kappa shape index (κ3) is 3.92. The van der Waals surface area contributed by atoms with E-state index < -0.39 is 12.1 Å². The number of aliphatic hydroxyl groups excluding tert-OH is 1. The molecule has 130 valence electrons. The number of fused-ring (bicyclic) bond motifs is 1. The second-order valence-corrected chi connectivity index (χ2v) is 6.50. The Balaban J connectivity index is 1.53. The van der Waals surface area contributed by atoms with E-state index in [1.165, 1.54) is 0 Å². The topological polar surface area (TPSA) is 84.3 Å². The molecule has 0 bridgehead atoms. The minimum atomic E-state index is -1.36. The first kappa shape index (κ1) is 16.9. The van der Waals surface area contributed by atoms with E-state index in [4.69, 9.17) is 5.11 Å². The van der Waals surface area contributed by atoms with Gasteiger partial charge in [0.15, 0.2) is 6.10 Å². The molecule has 0 saturated carbocycles. The van der Waals surface area contributed by atoms with Crippen LogP contribution in [0.25, 0.3) is 0 Å². The number of nitrogens with zero attached hydrogens (tertiary/aromatic N) is 3. The summed E-state index contributed by atoms with van der Waals surface area (Å²) in [5.74, 6) is -1.07. The molecule has 2 heterocycles. The summed E-state index contributed by atoms with van der Waals surface area (Å²) >= 11 is 0. The smallest absolute Gasteiger partial charge is 0.333 e. The second-order valence-electron chi connectivity index (χ2n) is 6.50. The number of hydrogen-bond acceptors (Lipinski definition) is 5. The van der Waals surface area contributed by atoms with E-state index in [-0.39, 0.29) is 18.5 Å². The van der Waals surface area contributed by atoms with Crippen molar-refractivity contribution in [2.24, 2.45) is 0 Å². The van der Waals surface area contributed by atoms with Crippen LogP contribution < -0.4 is 0 Å². The van der Waals surface area contributed by atoms with E-state index in [0.717, 1.165) is 12.1 Å². The maximum atomic E-state index is 12.5. The first-order chi connectivity index (χ1) is 11.5. The van der Waals surface area contributed by atoms with Crippen molar-refractivity contribution in [2.45, 2.75) is 18.6 Å². The molecule has 2 saturated heterocycles. The largest absolute Gasteiger partial charge is 0.479 e. The van der Waals surface area contributed by atoms with Crippen LogP contribution in [0.3, 0.4) is 0 Å².